The predicted molar refractivity (Wildman–Crippen MR) is 72.1 cm³/mol. The van der Waals surface area contributed by atoms with Crippen molar-refractivity contribution < 1.29 is 14.6 Å². The molecule has 3 aliphatic rings. The van der Waals surface area contributed by atoms with Gasteiger partial charge in [0, 0.05) is 24.7 Å². The summed E-state index contributed by atoms with van der Waals surface area (Å²) in [6.07, 6.45) is 9.43. The third-order valence-electron chi connectivity index (χ3n) is 5.73. The Hall–Kier alpha value is -0.610. The van der Waals surface area contributed by atoms with Crippen molar-refractivity contribution in [1.29, 1.82) is 0 Å². The van der Waals surface area contributed by atoms with Crippen LogP contribution in [-0.4, -0.2) is 35.9 Å². The highest BCUT2D eigenvalue weighted by molar-refractivity contribution is 5.81. The van der Waals surface area contributed by atoms with E-state index in [1.807, 2.05) is 0 Å². The molecule has 1 atom stereocenters. The van der Waals surface area contributed by atoms with Gasteiger partial charge in [0.1, 0.15) is 5.54 Å². The molecule has 3 fully saturated rings. The van der Waals surface area contributed by atoms with Crippen LogP contribution in [0.15, 0.2) is 0 Å². The maximum absolute atomic E-state index is 12.1. The average molecular weight is 267 g/mol. The van der Waals surface area contributed by atoms with Gasteiger partial charge >= 0.3 is 5.97 Å². The fourth-order valence-corrected chi connectivity index (χ4v) is 4.65. The van der Waals surface area contributed by atoms with Crippen molar-refractivity contribution in [1.82, 2.24) is 5.32 Å². The Balaban J connectivity index is 1.86. The lowest BCUT2D eigenvalue weighted by atomic mass is 9.66. The smallest absolute Gasteiger partial charge is 0.324 e. The molecule has 2 N–H and O–H groups in total. The minimum absolute atomic E-state index is 0.0698. The van der Waals surface area contributed by atoms with Crippen molar-refractivity contribution in [2.45, 2.75) is 69.4 Å². The zero-order valence-corrected chi connectivity index (χ0v) is 11.6. The minimum Gasteiger partial charge on any atom is -0.480 e. The van der Waals surface area contributed by atoms with E-state index in [0.29, 0.717) is 6.04 Å². The summed E-state index contributed by atoms with van der Waals surface area (Å²) in [5.41, 5.74) is -0.758. The Kier molecular flexibility index (Phi) is 3.56. The quantitative estimate of drug-likeness (QED) is 0.824. The van der Waals surface area contributed by atoms with Crippen LogP contribution in [-0.2, 0) is 9.53 Å². The number of nitrogens with one attached hydrogen (secondary N) is 1. The van der Waals surface area contributed by atoms with Gasteiger partial charge in [-0.2, -0.15) is 0 Å². The second-order valence-corrected chi connectivity index (χ2v) is 6.58. The van der Waals surface area contributed by atoms with E-state index in [9.17, 15) is 9.90 Å². The van der Waals surface area contributed by atoms with Crippen molar-refractivity contribution >= 4 is 5.97 Å². The molecule has 0 aromatic heterocycles. The molecule has 0 bridgehead atoms. The monoisotopic (exact) mass is 267 g/mol. The molecule has 4 heteroatoms. The molecule has 1 spiro atoms. The predicted octanol–water partition coefficient (Wildman–Crippen LogP) is 2.32. The van der Waals surface area contributed by atoms with Crippen LogP contribution in [0.1, 0.15) is 57.8 Å². The molecule has 0 aromatic carbocycles. The molecule has 0 radical (unpaired) electrons. The molecule has 4 nitrogen and oxygen atoms in total. The van der Waals surface area contributed by atoms with Gasteiger partial charge in [-0.15, -0.1) is 0 Å². The van der Waals surface area contributed by atoms with E-state index < -0.39 is 11.5 Å². The summed E-state index contributed by atoms with van der Waals surface area (Å²) >= 11 is 0. The van der Waals surface area contributed by atoms with Crippen LogP contribution in [0.5, 0.6) is 0 Å². The van der Waals surface area contributed by atoms with Gasteiger partial charge in [-0.1, -0.05) is 19.3 Å². The van der Waals surface area contributed by atoms with E-state index in [1.54, 1.807) is 0 Å². The zero-order valence-electron chi connectivity index (χ0n) is 11.6. The largest absolute Gasteiger partial charge is 0.480 e. The van der Waals surface area contributed by atoms with Crippen LogP contribution >= 0.6 is 0 Å². The van der Waals surface area contributed by atoms with E-state index in [4.69, 9.17) is 4.74 Å². The van der Waals surface area contributed by atoms with Crippen molar-refractivity contribution in [3.8, 4) is 0 Å². The van der Waals surface area contributed by atoms with Gasteiger partial charge in [0.25, 0.3) is 0 Å². The number of aliphatic carboxylic acids is 1. The summed E-state index contributed by atoms with van der Waals surface area (Å²) in [5, 5.41) is 13.5. The van der Waals surface area contributed by atoms with Crippen LogP contribution < -0.4 is 5.32 Å². The van der Waals surface area contributed by atoms with E-state index in [-0.39, 0.29) is 5.41 Å². The molecule has 19 heavy (non-hydrogen) atoms. The Morgan fingerprint density at radius 3 is 2.37 bits per heavy atom. The Bertz CT molecular complexity index is 345. The van der Waals surface area contributed by atoms with E-state index >= 15 is 0 Å². The highest BCUT2D eigenvalue weighted by atomic mass is 16.5. The fourth-order valence-electron chi connectivity index (χ4n) is 4.65. The minimum atomic E-state index is -0.689. The number of carboxylic acid groups (broad SMARTS) is 1. The van der Waals surface area contributed by atoms with Crippen LogP contribution in [0.4, 0.5) is 0 Å². The topological polar surface area (TPSA) is 58.6 Å². The third kappa shape index (κ3) is 2.09. The van der Waals surface area contributed by atoms with Gasteiger partial charge < -0.3 is 9.84 Å². The van der Waals surface area contributed by atoms with Crippen LogP contribution in [0.25, 0.3) is 0 Å². The molecule has 1 aliphatic heterocycles. The maximum Gasteiger partial charge on any atom is 0.324 e. The van der Waals surface area contributed by atoms with Gasteiger partial charge in [-0.3, -0.25) is 10.1 Å². The summed E-state index contributed by atoms with van der Waals surface area (Å²) in [6.45, 7) is 1.45. The summed E-state index contributed by atoms with van der Waals surface area (Å²) in [7, 11) is 0. The lowest BCUT2D eigenvalue weighted by Gasteiger charge is -2.47. The number of carbonyl (C=O) groups is 1. The summed E-state index contributed by atoms with van der Waals surface area (Å²) in [4.78, 5) is 12.1. The van der Waals surface area contributed by atoms with E-state index in [0.717, 1.165) is 58.2 Å². The van der Waals surface area contributed by atoms with Crippen LogP contribution in [0.3, 0.4) is 0 Å². The Labute approximate surface area is 114 Å². The molecule has 1 saturated heterocycles. The van der Waals surface area contributed by atoms with E-state index in [1.165, 1.54) is 12.8 Å². The first kappa shape index (κ1) is 13.4. The molecule has 108 valence electrons. The first-order valence-electron chi connectivity index (χ1n) is 7.77. The lowest BCUT2D eigenvalue weighted by molar-refractivity contribution is -0.154. The first-order chi connectivity index (χ1) is 9.19. The van der Waals surface area contributed by atoms with Crippen LogP contribution in [0, 0.1) is 5.41 Å². The van der Waals surface area contributed by atoms with Crippen molar-refractivity contribution in [3.05, 3.63) is 0 Å². The number of hydrogen-bond donors (Lipinski definition) is 2. The molecule has 1 heterocycles. The standard InChI is InChI=1S/C15H25NO3/c17-13(18)15(16-12-4-1-2-5-12)7-3-6-14(15)8-10-19-11-9-14/h12,16H,1-11H2,(H,17,18). The number of ether oxygens (including phenoxy) is 1. The second-order valence-electron chi connectivity index (χ2n) is 6.58. The Morgan fingerprint density at radius 1 is 1.05 bits per heavy atom. The fraction of sp³-hybridized carbons (Fsp3) is 0.933. The highest BCUT2D eigenvalue weighted by Crippen LogP contribution is 2.53. The zero-order chi connectivity index (χ0) is 13.3. The molecule has 1 unspecified atom stereocenters. The van der Waals surface area contributed by atoms with Crippen molar-refractivity contribution in [3.63, 3.8) is 0 Å². The Morgan fingerprint density at radius 2 is 1.74 bits per heavy atom. The van der Waals surface area contributed by atoms with Crippen molar-refractivity contribution in [2.24, 2.45) is 5.41 Å². The van der Waals surface area contributed by atoms with Gasteiger partial charge in [-0.05, 0) is 38.5 Å². The summed E-state index contributed by atoms with van der Waals surface area (Å²) < 4.78 is 5.48. The number of hydrogen-bond acceptors (Lipinski definition) is 3. The highest BCUT2D eigenvalue weighted by Gasteiger charge is 2.60. The van der Waals surface area contributed by atoms with E-state index in [2.05, 4.69) is 5.32 Å². The van der Waals surface area contributed by atoms with Crippen LogP contribution in [0.2, 0.25) is 0 Å². The summed E-state index contributed by atoms with van der Waals surface area (Å²) in [6, 6.07) is 0.411. The van der Waals surface area contributed by atoms with Gasteiger partial charge in [0.2, 0.25) is 0 Å². The third-order valence-corrected chi connectivity index (χ3v) is 5.73. The normalized spacial score (nSPS) is 34.9. The second kappa shape index (κ2) is 5.06. The molecule has 2 saturated carbocycles. The van der Waals surface area contributed by atoms with Gasteiger partial charge in [-0.25, -0.2) is 0 Å². The summed E-state index contributed by atoms with van der Waals surface area (Å²) in [5.74, 6) is -0.626. The molecular formula is C15H25NO3. The molecule has 2 aliphatic carbocycles. The van der Waals surface area contributed by atoms with Gasteiger partial charge in [0.15, 0.2) is 0 Å². The number of rotatable bonds is 3. The molecule has 0 aromatic rings. The van der Waals surface area contributed by atoms with Crippen molar-refractivity contribution in [2.75, 3.05) is 13.2 Å². The van der Waals surface area contributed by atoms with Gasteiger partial charge in [0.05, 0.1) is 0 Å². The molecular weight excluding hydrogens is 242 g/mol. The first-order valence-corrected chi connectivity index (χ1v) is 7.77. The SMILES string of the molecule is O=C(O)C1(NC2CCCC2)CCCC12CCOCC2. The lowest BCUT2D eigenvalue weighted by Crippen LogP contribution is -2.64. The molecule has 3 rings (SSSR count). The average Bonchev–Trinajstić information content (AvgIpc) is 3.01. The number of carboxylic acids is 1. The maximum atomic E-state index is 12.1. The molecule has 0 amide bonds.